The topological polar surface area (TPSA) is 121 Å². The quantitative estimate of drug-likeness (QED) is 0.461. The molecular weight excluding hydrogens is 398 g/mol. The first-order valence-corrected chi connectivity index (χ1v) is 10.4. The molecule has 1 aromatic carbocycles. The van der Waals surface area contributed by atoms with Gasteiger partial charge in [-0.2, -0.15) is 0 Å². The van der Waals surface area contributed by atoms with Crippen molar-refractivity contribution in [2.24, 2.45) is 22.1 Å². The van der Waals surface area contributed by atoms with E-state index >= 15 is 0 Å². The standard InChI is InChI=1S/C22H29N5O4/c1-3-31-19(23)16-6-7-24-20(16)26-13-25-17-5-4-14(8-18(17)30-2)21(29)27-10-15-9-22(15,11-27)12-28/h4-8,15,25,28H,3,9-13,23H2,1-2H3,(H,24,26)/b19-16+. The second-order valence-corrected chi connectivity index (χ2v) is 8.05. The number of hydrogen-bond acceptors (Lipinski definition) is 7. The van der Waals surface area contributed by atoms with Crippen LogP contribution in [0, 0.1) is 11.3 Å². The monoisotopic (exact) mass is 427 g/mol. The molecule has 2 aliphatic heterocycles. The van der Waals surface area contributed by atoms with E-state index in [4.69, 9.17) is 15.2 Å². The number of amidine groups is 1. The van der Waals surface area contributed by atoms with E-state index in [2.05, 4.69) is 15.6 Å². The zero-order valence-electron chi connectivity index (χ0n) is 17.9. The van der Waals surface area contributed by atoms with Gasteiger partial charge < -0.3 is 35.8 Å². The number of nitrogens with zero attached hydrogens (tertiary/aromatic N) is 2. The number of aliphatic hydroxyl groups excluding tert-OH is 1. The molecule has 4 rings (SSSR count). The Labute approximate surface area is 181 Å². The molecule has 2 unspecified atom stereocenters. The van der Waals surface area contributed by atoms with Gasteiger partial charge in [0.05, 0.1) is 31.6 Å². The molecular formula is C22H29N5O4. The highest BCUT2D eigenvalue weighted by atomic mass is 16.5. The number of carbonyl (C=O) groups excluding carboxylic acids is 1. The van der Waals surface area contributed by atoms with Crippen LogP contribution in [-0.4, -0.2) is 61.8 Å². The van der Waals surface area contributed by atoms with Gasteiger partial charge in [-0.1, -0.05) is 0 Å². The lowest BCUT2D eigenvalue weighted by atomic mass is 10.1. The van der Waals surface area contributed by atoms with Crippen LogP contribution in [0.1, 0.15) is 23.7 Å². The highest BCUT2D eigenvalue weighted by Crippen LogP contribution is 2.57. The molecule has 1 saturated heterocycles. The number of nitrogens with two attached hydrogens (primary N) is 1. The van der Waals surface area contributed by atoms with Gasteiger partial charge in [0.15, 0.2) is 5.88 Å². The lowest BCUT2D eigenvalue weighted by Crippen LogP contribution is -2.32. The number of carbonyl (C=O) groups is 1. The van der Waals surface area contributed by atoms with Gasteiger partial charge in [0.1, 0.15) is 18.3 Å². The highest BCUT2D eigenvalue weighted by Gasteiger charge is 2.60. The van der Waals surface area contributed by atoms with E-state index in [1.165, 1.54) is 0 Å². The van der Waals surface area contributed by atoms with Crippen molar-refractivity contribution in [2.45, 2.75) is 13.3 Å². The number of fused-ring (bicyclic) bond motifs is 1. The Kier molecular flexibility index (Phi) is 5.77. The molecule has 2 atom stereocenters. The minimum atomic E-state index is -0.0671. The smallest absolute Gasteiger partial charge is 0.254 e. The maximum atomic E-state index is 12.9. The fourth-order valence-electron chi connectivity index (χ4n) is 4.27. The number of likely N-dealkylation sites (tertiary alicyclic amines) is 1. The summed E-state index contributed by atoms with van der Waals surface area (Å²) >= 11 is 0. The maximum Gasteiger partial charge on any atom is 0.254 e. The van der Waals surface area contributed by atoms with E-state index < -0.39 is 0 Å². The van der Waals surface area contributed by atoms with E-state index in [0.717, 1.165) is 12.1 Å². The number of anilines is 1. The van der Waals surface area contributed by atoms with Gasteiger partial charge in [0.2, 0.25) is 0 Å². The zero-order chi connectivity index (χ0) is 22.0. The Bertz CT molecular complexity index is 953. The van der Waals surface area contributed by atoms with Gasteiger partial charge in [-0.05, 0) is 43.5 Å². The van der Waals surface area contributed by atoms with Crippen LogP contribution < -0.4 is 21.1 Å². The van der Waals surface area contributed by atoms with Gasteiger partial charge in [0, 0.05) is 30.3 Å². The lowest BCUT2D eigenvalue weighted by molar-refractivity contribution is 0.0751. The molecule has 5 N–H and O–H groups in total. The van der Waals surface area contributed by atoms with Crippen LogP contribution in [0.15, 0.2) is 46.9 Å². The van der Waals surface area contributed by atoms with Crippen molar-refractivity contribution < 1.29 is 19.4 Å². The predicted octanol–water partition coefficient (Wildman–Crippen LogP) is 1.24. The molecule has 166 valence electrons. The SMILES string of the molecule is CCO/C(N)=C1\C=CN\C1=N\CNc1ccc(C(=O)N2CC3CC3(CO)C2)cc1OC. The van der Waals surface area contributed by atoms with Crippen molar-refractivity contribution in [1.29, 1.82) is 0 Å². The number of piperidine rings is 1. The van der Waals surface area contributed by atoms with Crippen molar-refractivity contribution in [3.05, 3.63) is 47.5 Å². The van der Waals surface area contributed by atoms with Crippen molar-refractivity contribution in [1.82, 2.24) is 10.2 Å². The molecule has 2 fully saturated rings. The third-order valence-electron chi connectivity index (χ3n) is 6.15. The van der Waals surface area contributed by atoms with Crippen molar-refractivity contribution in [3.8, 4) is 5.75 Å². The Hall–Kier alpha value is -3.20. The number of aliphatic imine (C=N–C) groups is 1. The summed E-state index contributed by atoms with van der Waals surface area (Å²) in [7, 11) is 1.57. The first-order chi connectivity index (χ1) is 15.0. The first kappa shape index (κ1) is 21.0. The van der Waals surface area contributed by atoms with Gasteiger partial charge in [-0.15, -0.1) is 0 Å². The molecule has 0 aromatic heterocycles. The van der Waals surface area contributed by atoms with E-state index in [0.29, 0.717) is 54.2 Å². The molecule has 31 heavy (non-hydrogen) atoms. The van der Waals surface area contributed by atoms with Gasteiger partial charge in [0.25, 0.3) is 5.91 Å². The number of rotatable bonds is 8. The zero-order valence-corrected chi connectivity index (χ0v) is 17.9. The summed E-state index contributed by atoms with van der Waals surface area (Å²) in [5.41, 5.74) is 7.87. The summed E-state index contributed by atoms with van der Waals surface area (Å²) in [5.74, 6) is 1.90. The van der Waals surface area contributed by atoms with Gasteiger partial charge >= 0.3 is 0 Å². The van der Waals surface area contributed by atoms with Gasteiger partial charge in [-0.25, -0.2) is 4.99 Å². The van der Waals surface area contributed by atoms with Crippen LogP contribution in [0.2, 0.25) is 0 Å². The number of hydrogen-bond donors (Lipinski definition) is 4. The van der Waals surface area contributed by atoms with E-state index in [-0.39, 0.29) is 24.6 Å². The fourth-order valence-corrected chi connectivity index (χ4v) is 4.27. The van der Waals surface area contributed by atoms with E-state index in [1.54, 1.807) is 25.4 Å². The number of benzene rings is 1. The molecule has 1 aromatic rings. The number of aliphatic hydroxyl groups is 1. The number of ether oxygens (including phenoxy) is 2. The molecule has 9 heteroatoms. The van der Waals surface area contributed by atoms with Crippen LogP contribution in [0.25, 0.3) is 0 Å². The summed E-state index contributed by atoms with van der Waals surface area (Å²) < 4.78 is 10.8. The van der Waals surface area contributed by atoms with Gasteiger partial charge in [-0.3, -0.25) is 4.79 Å². The largest absolute Gasteiger partial charge is 0.495 e. The van der Waals surface area contributed by atoms with Crippen LogP contribution in [0.4, 0.5) is 5.69 Å². The summed E-state index contributed by atoms with van der Waals surface area (Å²) in [5, 5.41) is 15.8. The minimum absolute atomic E-state index is 0.0347. The van der Waals surface area contributed by atoms with Crippen LogP contribution in [0.3, 0.4) is 0 Å². The average molecular weight is 428 g/mol. The second kappa shape index (κ2) is 8.50. The lowest BCUT2D eigenvalue weighted by Gasteiger charge is -2.21. The summed E-state index contributed by atoms with van der Waals surface area (Å²) in [6.45, 7) is 4.11. The Morgan fingerprint density at radius 1 is 1.48 bits per heavy atom. The predicted molar refractivity (Wildman–Crippen MR) is 118 cm³/mol. The van der Waals surface area contributed by atoms with Crippen LogP contribution >= 0.6 is 0 Å². The maximum absolute atomic E-state index is 12.9. The molecule has 0 bridgehead atoms. The second-order valence-electron chi connectivity index (χ2n) is 8.05. The molecule has 1 amide bonds. The molecule has 0 spiro atoms. The average Bonchev–Trinajstić information content (AvgIpc) is 3.12. The highest BCUT2D eigenvalue weighted by molar-refractivity contribution is 6.04. The Balaban J connectivity index is 1.41. The molecule has 1 saturated carbocycles. The minimum Gasteiger partial charge on any atom is -0.495 e. The molecule has 9 nitrogen and oxygen atoms in total. The summed E-state index contributed by atoms with van der Waals surface area (Å²) in [6, 6.07) is 5.33. The third kappa shape index (κ3) is 4.05. The number of amides is 1. The third-order valence-corrected chi connectivity index (χ3v) is 6.15. The van der Waals surface area contributed by atoms with Crippen molar-refractivity contribution in [3.63, 3.8) is 0 Å². The van der Waals surface area contributed by atoms with Crippen LogP contribution in [0.5, 0.6) is 5.75 Å². The van der Waals surface area contributed by atoms with Crippen molar-refractivity contribution >= 4 is 17.4 Å². The molecule has 2 heterocycles. The Morgan fingerprint density at radius 3 is 3.03 bits per heavy atom. The van der Waals surface area contributed by atoms with Crippen molar-refractivity contribution in [2.75, 3.05) is 45.4 Å². The molecule has 1 aliphatic carbocycles. The number of nitrogens with one attached hydrogen (secondary N) is 2. The first-order valence-electron chi connectivity index (χ1n) is 10.4. The molecule has 3 aliphatic rings. The van der Waals surface area contributed by atoms with Crippen LogP contribution in [-0.2, 0) is 4.74 Å². The Morgan fingerprint density at radius 2 is 2.32 bits per heavy atom. The summed E-state index contributed by atoms with van der Waals surface area (Å²) in [6.07, 6.45) is 4.58. The van der Waals surface area contributed by atoms with E-state index in [1.807, 2.05) is 24.0 Å². The number of methoxy groups -OCH3 is 1. The molecule has 0 radical (unpaired) electrons. The summed E-state index contributed by atoms with van der Waals surface area (Å²) in [4.78, 5) is 19.2. The normalized spacial score (nSPS) is 26.5. The van der Waals surface area contributed by atoms with E-state index in [9.17, 15) is 9.90 Å². The fraction of sp³-hybridized carbons (Fsp3) is 0.455.